The van der Waals surface area contributed by atoms with E-state index >= 15 is 0 Å². The summed E-state index contributed by atoms with van der Waals surface area (Å²) in [6.45, 7) is 2.51. The normalized spacial score (nSPS) is 17.2. The number of phenolic OH excluding ortho intramolecular Hbond substituents is 1. The molecule has 3 nitrogen and oxygen atoms in total. The molecule has 1 aromatic rings. The summed E-state index contributed by atoms with van der Waals surface area (Å²) >= 11 is 3.21. The van der Waals surface area contributed by atoms with Crippen molar-refractivity contribution in [1.82, 2.24) is 10.2 Å². The van der Waals surface area contributed by atoms with Crippen molar-refractivity contribution in [3.63, 3.8) is 0 Å². The van der Waals surface area contributed by atoms with Crippen molar-refractivity contribution < 1.29 is 13.9 Å². The van der Waals surface area contributed by atoms with Gasteiger partial charge in [0, 0.05) is 36.2 Å². The largest absolute Gasteiger partial charge is 0.508 e. The van der Waals surface area contributed by atoms with Crippen molar-refractivity contribution in [2.24, 2.45) is 0 Å². The van der Waals surface area contributed by atoms with Crippen molar-refractivity contribution >= 4 is 40.7 Å². The first kappa shape index (κ1) is 19.9. The zero-order valence-electron chi connectivity index (χ0n) is 10.6. The first-order valence-corrected chi connectivity index (χ1v) is 6.60. The molecule has 1 aliphatic heterocycles. The molecule has 1 aromatic carbocycles. The van der Waals surface area contributed by atoms with Gasteiger partial charge in [-0.05, 0) is 12.1 Å². The maximum absolute atomic E-state index is 13.3. The Morgan fingerprint density at radius 1 is 1.20 bits per heavy atom. The van der Waals surface area contributed by atoms with E-state index in [4.69, 9.17) is 0 Å². The lowest BCUT2D eigenvalue weighted by Gasteiger charge is -2.34. The smallest absolute Gasteiger partial charge is 0.258 e. The molecule has 1 heterocycles. The molecular formula is C12H17BrCl2F2N2O. The van der Waals surface area contributed by atoms with Crippen LogP contribution in [-0.4, -0.2) is 42.6 Å². The van der Waals surface area contributed by atoms with Crippen LogP contribution in [-0.2, 0) is 0 Å². The van der Waals surface area contributed by atoms with Crippen LogP contribution in [0.1, 0.15) is 11.6 Å². The number of alkyl halides is 2. The third kappa shape index (κ3) is 4.70. The number of nitrogens with zero attached hydrogens (tertiary/aromatic N) is 1. The van der Waals surface area contributed by atoms with E-state index in [0.29, 0.717) is 30.7 Å². The summed E-state index contributed by atoms with van der Waals surface area (Å²) in [6.07, 6.45) is -2.52. The molecular weight excluding hydrogens is 377 g/mol. The summed E-state index contributed by atoms with van der Waals surface area (Å²) in [5, 5.41) is 13.0. The molecule has 0 aliphatic carbocycles. The molecule has 8 heteroatoms. The fraction of sp³-hybridized carbons (Fsp3) is 0.500. The highest BCUT2D eigenvalue weighted by Crippen LogP contribution is 2.35. The van der Waals surface area contributed by atoms with Crippen molar-refractivity contribution in [2.45, 2.75) is 12.5 Å². The summed E-state index contributed by atoms with van der Waals surface area (Å²) < 4.78 is 27.2. The molecule has 1 saturated heterocycles. The van der Waals surface area contributed by atoms with E-state index in [0.717, 1.165) is 0 Å². The van der Waals surface area contributed by atoms with Gasteiger partial charge in [0.05, 0.1) is 6.04 Å². The zero-order valence-corrected chi connectivity index (χ0v) is 13.8. The Labute approximate surface area is 137 Å². The van der Waals surface area contributed by atoms with Crippen LogP contribution in [0.3, 0.4) is 0 Å². The molecule has 0 aromatic heterocycles. The van der Waals surface area contributed by atoms with Crippen molar-refractivity contribution in [3.05, 3.63) is 28.2 Å². The third-order valence-electron chi connectivity index (χ3n) is 3.09. The molecule has 1 aliphatic rings. The topological polar surface area (TPSA) is 35.5 Å². The molecule has 0 spiro atoms. The second-order valence-electron chi connectivity index (χ2n) is 4.27. The van der Waals surface area contributed by atoms with Crippen LogP contribution in [0.15, 0.2) is 22.7 Å². The number of aromatic hydroxyl groups is 1. The Morgan fingerprint density at radius 2 is 1.80 bits per heavy atom. The molecule has 2 N–H and O–H groups in total. The lowest BCUT2D eigenvalue weighted by Crippen LogP contribution is -2.46. The van der Waals surface area contributed by atoms with E-state index in [2.05, 4.69) is 21.2 Å². The SMILES string of the molecule is Cl.Cl.Oc1cc(Br)ccc1[C@H](C(F)F)N1CCNCC1. The van der Waals surface area contributed by atoms with Gasteiger partial charge < -0.3 is 10.4 Å². The average molecular weight is 394 g/mol. The lowest BCUT2D eigenvalue weighted by molar-refractivity contribution is 0.0170. The van der Waals surface area contributed by atoms with Crippen LogP contribution >= 0.6 is 40.7 Å². The monoisotopic (exact) mass is 392 g/mol. The maximum atomic E-state index is 13.3. The number of piperazine rings is 1. The average Bonchev–Trinajstić information content (AvgIpc) is 2.33. The van der Waals surface area contributed by atoms with E-state index in [1.165, 1.54) is 6.07 Å². The molecule has 0 radical (unpaired) electrons. The van der Waals surface area contributed by atoms with Crippen molar-refractivity contribution in [3.8, 4) is 5.75 Å². The van der Waals surface area contributed by atoms with Crippen LogP contribution in [0.25, 0.3) is 0 Å². The first-order valence-electron chi connectivity index (χ1n) is 5.81. The molecule has 0 unspecified atom stereocenters. The number of hydrogen-bond donors (Lipinski definition) is 2. The summed E-state index contributed by atoms with van der Waals surface area (Å²) in [5.74, 6) is -0.0896. The molecule has 20 heavy (non-hydrogen) atoms. The minimum atomic E-state index is -2.52. The zero-order chi connectivity index (χ0) is 13.1. The van der Waals surface area contributed by atoms with E-state index < -0.39 is 12.5 Å². The Bertz CT molecular complexity index is 420. The lowest BCUT2D eigenvalue weighted by atomic mass is 10.0. The standard InChI is InChI=1S/C12H15BrF2N2O.2ClH/c13-8-1-2-9(10(18)7-8)11(12(14)15)17-5-3-16-4-6-17;;/h1-2,7,11-12,16,18H,3-6H2;2*1H/t11-;;/m1../s1. The fourth-order valence-corrected chi connectivity index (χ4v) is 2.57. The van der Waals surface area contributed by atoms with Gasteiger partial charge in [-0.25, -0.2) is 8.78 Å². The highest BCUT2D eigenvalue weighted by atomic mass is 79.9. The molecule has 1 fully saturated rings. The van der Waals surface area contributed by atoms with Gasteiger partial charge in [0.1, 0.15) is 5.75 Å². The predicted molar refractivity (Wildman–Crippen MR) is 83.5 cm³/mol. The van der Waals surface area contributed by atoms with Gasteiger partial charge in [-0.2, -0.15) is 0 Å². The third-order valence-corrected chi connectivity index (χ3v) is 3.59. The number of halogens is 5. The molecule has 1 atom stereocenters. The Kier molecular flexibility index (Phi) is 8.93. The van der Waals surface area contributed by atoms with Gasteiger partial charge in [0.2, 0.25) is 0 Å². The molecule has 2 rings (SSSR count). The summed E-state index contributed by atoms with van der Waals surface area (Å²) in [5.41, 5.74) is 0.287. The van der Waals surface area contributed by atoms with E-state index in [1.807, 2.05) is 0 Å². The van der Waals surface area contributed by atoms with E-state index in [1.54, 1.807) is 17.0 Å². The fourth-order valence-electron chi connectivity index (χ4n) is 2.22. The Balaban J connectivity index is 0.00000180. The minimum Gasteiger partial charge on any atom is -0.508 e. The minimum absolute atomic E-state index is 0. The first-order chi connectivity index (χ1) is 8.59. The van der Waals surface area contributed by atoms with Crippen LogP contribution in [0.4, 0.5) is 8.78 Å². The molecule has 0 amide bonds. The number of phenols is 1. The summed E-state index contributed by atoms with van der Waals surface area (Å²) in [7, 11) is 0. The molecule has 116 valence electrons. The Hall–Kier alpha value is -0.140. The van der Waals surface area contributed by atoms with E-state index in [9.17, 15) is 13.9 Å². The number of nitrogens with one attached hydrogen (secondary N) is 1. The van der Waals surface area contributed by atoms with Gasteiger partial charge in [-0.1, -0.05) is 22.0 Å². The predicted octanol–water partition coefficient (Wildman–Crippen LogP) is 3.21. The number of hydrogen-bond acceptors (Lipinski definition) is 3. The van der Waals surface area contributed by atoms with Crippen molar-refractivity contribution in [2.75, 3.05) is 26.2 Å². The van der Waals surface area contributed by atoms with Gasteiger partial charge >= 0.3 is 0 Å². The van der Waals surface area contributed by atoms with Crippen LogP contribution in [0, 0.1) is 0 Å². The highest BCUT2D eigenvalue weighted by Gasteiger charge is 2.31. The summed E-state index contributed by atoms with van der Waals surface area (Å²) in [4.78, 5) is 1.71. The van der Waals surface area contributed by atoms with Crippen molar-refractivity contribution in [1.29, 1.82) is 0 Å². The molecule has 0 saturated carbocycles. The second-order valence-corrected chi connectivity index (χ2v) is 5.18. The van der Waals surface area contributed by atoms with Gasteiger partial charge in [0.25, 0.3) is 6.43 Å². The van der Waals surface area contributed by atoms with Gasteiger partial charge in [-0.3, -0.25) is 4.90 Å². The number of benzene rings is 1. The quantitative estimate of drug-likeness (QED) is 0.827. The number of rotatable bonds is 3. The maximum Gasteiger partial charge on any atom is 0.258 e. The van der Waals surface area contributed by atoms with Gasteiger partial charge in [0.15, 0.2) is 0 Å². The highest BCUT2D eigenvalue weighted by molar-refractivity contribution is 9.10. The molecule has 0 bridgehead atoms. The van der Waals surface area contributed by atoms with Gasteiger partial charge in [-0.15, -0.1) is 24.8 Å². The second kappa shape index (κ2) is 9.00. The Morgan fingerprint density at radius 3 is 2.30 bits per heavy atom. The van der Waals surface area contributed by atoms with Crippen LogP contribution < -0.4 is 5.32 Å². The van der Waals surface area contributed by atoms with E-state index in [-0.39, 0.29) is 36.1 Å². The van der Waals surface area contributed by atoms with Crippen LogP contribution in [0.5, 0.6) is 5.75 Å². The van der Waals surface area contributed by atoms with Crippen LogP contribution in [0.2, 0.25) is 0 Å². The summed E-state index contributed by atoms with van der Waals surface area (Å²) in [6, 6.07) is 3.64.